The van der Waals surface area contributed by atoms with E-state index < -0.39 is 84.0 Å². The van der Waals surface area contributed by atoms with E-state index in [-0.39, 0.29) is 65.0 Å². The van der Waals surface area contributed by atoms with Crippen molar-refractivity contribution in [2.45, 2.75) is 114 Å². The lowest BCUT2D eigenvalue weighted by atomic mass is 10.0. The summed E-state index contributed by atoms with van der Waals surface area (Å²) in [6, 6.07) is 26.7. The summed E-state index contributed by atoms with van der Waals surface area (Å²) in [5.74, 6) is 5.80. The van der Waals surface area contributed by atoms with E-state index in [0.717, 1.165) is 20.9 Å². The number of amides is 6. The van der Waals surface area contributed by atoms with Gasteiger partial charge in [-0.15, -0.1) is 0 Å². The van der Waals surface area contributed by atoms with Crippen LogP contribution in [0, 0.1) is 23.7 Å². The van der Waals surface area contributed by atoms with Gasteiger partial charge in [0.25, 0.3) is 0 Å². The Kier molecular flexibility index (Phi) is 22.3. The minimum absolute atomic E-state index is 0.0594. The number of nitrogens with zero attached hydrogens (tertiary/aromatic N) is 4. The van der Waals surface area contributed by atoms with E-state index in [1.807, 2.05) is 0 Å². The van der Waals surface area contributed by atoms with Gasteiger partial charge >= 0.3 is 24.2 Å². The molecule has 0 unspecified atom stereocenters. The van der Waals surface area contributed by atoms with Gasteiger partial charge in [0, 0.05) is 75.3 Å². The van der Waals surface area contributed by atoms with Crippen LogP contribution >= 0.6 is 0 Å². The molecule has 20 heteroatoms. The predicted molar refractivity (Wildman–Crippen MR) is 290 cm³/mol. The van der Waals surface area contributed by atoms with Crippen LogP contribution in [0.15, 0.2) is 109 Å². The summed E-state index contributed by atoms with van der Waals surface area (Å²) in [7, 11) is 3.19. The summed E-state index contributed by atoms with van der Waals surface area (Å²) in [5.41, 5.74) is 4.05. The number of likely N-dealkylation sites (tertiary alicyclic amines) is 2. The highest BCUT2D eigenvalue weighted by Crippen LogP contribution is 2.27. The number of alkyl halides is 6. The number of benzene rings is 4. The molecule has 14 nitrogen and oxygen atoms in total. The molecule has 0 saturated carbocycles. The van der Waals surface area contributed by atoms with Gasteiger partial charge in [0.1, 0.15) is 12.1 Å². The molecule has 6 amide bonds. The Hall–Kier alpha value is -7.68. The number of halogens is 6. The van der Waals surface area contributed by atoms with Gasteiger partial charge in [0.15, 0.2) is 0 Å². The minimum Gasteiger partial charge on any atom is -0.343 e. The quantitative estimate of drug-likeness (QED) is 0.0584. The molecule has 2 fully saturated rings. The molecule has 0 radical (unpaired) electrons. The molecular formula is C60H68F6N8O6. The summed E-state index contributed by atoms with van der Waals surface area (Å²) in [5, 5.41) is 11.3. The first-order valence-corrected chi connectivity index (χ1v) is 26.7. The fraction of sp³-hybridized carbons (Fsp3) is 0.433. The Balaban J connectivity index is 1.10. The van der Waals surface area contributed by atoms with Gasteiger partial charge in [-0.05, 0) is 125 Å². The Bertz CT molecular complexity index is 2670. The number of rotatable bonds is 22. The third-order valence-electron chi connectivity index (χ3n) is 14.4. The molecule has 0 aliphatic carbocycles. The molecule has 0 spiro atoms. The number of carbonyl (C=O) groups is 6. The molecule has 2 heterocycles. The minimum atomic E-state index is -5.11. The fourth-order valence-electron chi connectivity index (χ4n) is 9.65. The zero-order valence-electron chi connectivity index (χ0n) is 45.3. The van der Waals surface area contributed by atoms with Crippen molar-refractivity contribution < 1.29 is 55.1 Å². The zero-order chi connectivity index (χ0) is 58.0. The summed E-state index contributed by atoms with van der Waals surface area (Å²) in [6.07, 6.45) is -7.96. The summed E-state index contributed by atoms with van der Waals surface area (Å²) in [4.78, 5) is 84.7. The number of hydrogen-bond donors (Lipinski definition) is 4. The van der Waals surface area contributed by atoms with Gasteiger partial charge in [-0.25, -0.2) is 0 Å². The third kappa shape index (κ3) is 17.9. The topological polar surface area (TPSA) is 164 Å². The first-order valence-electron chi connectivity index (χ1n) is 26.7. The highest BCUT2D eigenvalue weighted by Gasteiger charge is 2.46. The van der Waals surface area contributed by atoms with Crippen LogP contribution in [0.2, 0.25) is 0 Å². The van der Waals surface area contributed by atoms with E-state index in [1.54, 1.807) is 137 Å². The Labute approximate surface area is 463 Å². The molecule has 6 atom stereocenters. The van der Waals surface area contributed by atoms with E-state index >= 15 is 0 Å². The van der Waals surface area contributed by atoms with Crippen molar-refractivity contribution in [1.82, 2.24) is 40.9 Å². The molecular weight excluding hydrogens is 1040 g/mol. The molecule has 4 aromatic rings. The van der Waals surface area contributed by atoms with Gasteiger partial charge in [0.05, 0.1) is 12.1 Å². The van der Waals surface area contributed by atoms with Gasteiger partial charge in [-0.2, -0.15) is 26.3 Å². The molecule has 80 heavy (non-hydrogen) atoms. The summed E-state index contributed by atoms with van der Waals surface area (Å²) < 4.78 is 83.0. The van der Waals surface area contributed by atoms with Crippen LogP contribution in [0.5, 0.6) is 0 Å². The lowest BCUT2D eigenvalue weighted by Gasteiger charge is -2.33. The summed E-state index contributed by atoms with van der Waals surface area (Å²) >= 11 is 0. The molecule has 4 N–H and O–H groups in total. The lowest BCUT2D eigenvalue weighted by molar-refractivity contribution is -0.186. The Morgan fingerprint density at radius 2 is 0.887 bits per heavy atom. The molecule has 2 aliphatic rings. The molecule has 2 aliphatic heterocycles. The number of nitrogens with one attached hydrogen (secondary N) is 4. The first-order chi connectivity index (χ1) is 38.1. The van der Waals surface area contributed by atoms with Crippen LogP contribution in [0.1, 0.15) is 72.9 Å². The number of hydrogen-bond acceptors (Lipinski definition) is 8. The highest BCUT2D eigenvalue weighted by atomic mass is 19.4. The lowest BCUT2D eigenvalue weighted by Crippen LogP contribution is -2.56. The second-order valence-corrected chi connectivity index (χ2v) is 20.1. The first kappa shape index (κ1) is 61.5. The van der Waals surface area contributed by atoms with E-state index in [9.17, 15) is 55.1 Å². The average Bonchev–Trinajstić information content (AvgIpc) is 4.14. The predicted octanol–water partition coefficient (Wildman–Crippen LogP) is 5.61. The number of carbonyl (C=O) groups excluding carboxylic acids is 6. The second-order valence-electron chi connectivity index (χ2n) is 20.1. The Morgan fingerprint density at radius 3 is 1.21 bits per heavy atom. The van der Waals surface area contributed by atoms with Gasteiger partial charge in [0.2, 0.25) is 23.6 Å². The number of likely N-dealkylation sites (N-methyl/N-ethyl adjacent to an activating group) is 2. The maximum Gasteiger partial charge on any atom is 0.471 e. The van der Waals surface area contributed by atoms with Crippen LogP contribution in [-0.2, 0) is 54.5 Å². The molecule has 0 aromatic heterocycles. The average molecular weight is 1110 g/mol. The van der Waals surface area contributed by atoms with Crippen molar-refractivity contribution in [3.63, 3.8) is 0 Å². The van der Waals surface area contributed by atoms with Crippen molar-refractivity contribution >= 4 is 35.4 Å². The normalized spacial score (nSPS) is 16.7. The second kappa shape index (κ2) is 29.0. The Morgan fingerprint density at radius 1 is 0.537 bits per heavy atom. The molecule has 0 bridgehead atoms. The van der Waals surface area contributed by atoms with E-state index in [2.05, 4.69) is 44.9 Å². The summed E-state index contributed by atoms with van der Waals surface area (Å²) in [6.45, 7) is 2.69. The van der Waals surface area contributed by atoms with Crippen molar-refractivity contribution in [3.8, 4) is 23.7 Å². The smallest absolute Gasteiger partial charge is 0.343 e. The van der Waals surface area contributed by atoms with E-state index in [0.29, 0.717) is 47.9 Å². The van der Waals surface area contributed by atoms with Crippen LogP contribution < -0.4 is 21.3 Å². The van der Waals surface area contributed by atoms with Gasteiger partial charge in [-0.3, -0.25) is 28.8 Å². The van der Waals surface area contributed by atoms with Gasteiger partial charge in [-0.1, -0.05) is 96.8 Å². The van der Waals surface area contributed by atoms with Crippen LogP contribution in [0.4, 0.5) is 26.3 Å². The molecule has 6 rings (SSSR count). The van der Waals surface area contributed by atoms with Crippen molar-refractivity contribution in [3.05, 3.63) is 143 Å². The van der Waals surface area contributed by atoms with Crippen LogP contribution in [0.3, 0.4) is 0 Å². The SMILES string of the molecule is CN[C@@H](C)C(=O)N[C@@H](Cc1ccc(C#CC#Cc2ccc(C[C@H](NC(=O)[C@H](C)NC)C(=O)N3CCC[C@H]3CN(CCc3ccccc3)C(=O)C(F)(F)F)cc2)cc1)C(=O)N1CCC[C@H]1CN(CCc1ccccc1)C(=O)C(F)(F)F. The maximum atomic E-state index is 14.3. The largest absolute Gasteiger partial charge is 0.471 e. The van der Waals surface area contributed by atoms with Crippen LogP contribution in [0.25, 0.3) is 0 Å². The van der Waals surface area contributed by atoms with Crippen molar-refractivity contribution in [2.24, 2.45) is 0 Å². The maximum absolute atomic E-state index is 14.3. The monoisotopic (exact) mass is 1110 g/mol. The highest BCUT2D eigenvalue weighted by molar-refractivity contribution is 5.91. The van der Waals surface area contributed by atoms with E-state index in [4.69, 9.17) is 0 Å². The van der Waals surface area contributed by atoms with Crippen LogP contribution in [-0.4, -0.2) is 157 Å². The standard InChI is InChI=1S/C60H68F6N8O6/c1-41(67-3)53(75)69-51(55(77)73-33-13-21-49(73)39-71(57(79)59(61,62)63)35-31-43-15-7-5-8-16-43)37-47-27-23-45(24-28-47)19-11-12-20-46-25-29-48(30-26-46)38-52(70-54(76)42(2)68-4)56(78)74-34-14-22-50(74)40-72(58(80)60(64,65)66)36-32-44-17-9-6-10-18-44/h5-10,15-18,23-30,41-42,49-52,67-68H,13-14,21-22,31-40H2,1-4H3,(H,69,75)(H,70,76)/t41-,42-,49-,50-,51-,52-/m0/s1. The molecule has 2 saturated heterocycles. The third-order valence-corrected chi connectivity index (χ3v) is 14.4. The zero-order valence-corrected chi connectivity index (χ0v) is 45.3. The molecule has 426 valence electrons. The van der Waals surface area contributed by atoms with Gasteiger partial charge < -0.3 is 40.9 Å². The van der Waals surface area contributed by atoms with Crippen molar-refractivity contribution in [1.29, 1.82) is 0 Å². The van der Waals surface area contributed by atoms with Crippen molar-refractivity contribution in [2.75, 3.05) is 53.4 Å². The van der Waals surface area contributed by atoms with E-state index in [1.165, 1.54) is 9.80 Å². The molecule has 4 aromatic carbocycles. The fourth-order valence-corrected chi connectivity index (χ4v) is 9.65.